The standard InChI is InChI=1S/C16H24N6O6/c23-6-5-20-1-3-21(4-2-20)16-19-10-13(17-8-18-14(10)27)22(16)15-12(26)11(25)9(7-24)28-15/h8-9,11-12,15,23-26H,1-7H2,(H,17,18,27)/t9-,11+,12+,15-/m0/s1. The van der Waals surface area contributed by atoms with Crippen molar-refractivity contribution in [3.8, 4) is 0 Å². The molecule has 0 radical (unpaired) electrons. The Balaban J connectivity index is 1.74. The maximum Gasteiger partial charge on any atom is 0.278 e. The Hall–Kier alpha value is -2.09. The Labute approximate surface area is 159 Å². The molecule has 4 atom stereocenters. The summed E-state index contributed by atoms with van der Waals surface area (Å²) < 4.78 is 7.18. The minimum absolute atomic E-state index is 0.0837. The van der Waals surface area contributed by atoms with Crippen LogP contribution < -0.4 is 10.5 Å². The predicted octanol–water partition coefficient (Wildman–Crippen LogP) is -3.15. The lowest BCUT2D eigenvalue weighted by molar-refractivity contribution is -0.0505. The topological polar surface area (TPSA) is 160 Å². The highest BCUT2D eigenvalue weighted by atomic mass is 16.6. The maximum absolute atomic E-state index is 12.2. The van der Waals surface area contributed by atoms with Gasteiger partial charge in [0.15, 0.2) is 17.4 Å². The first-order valence-corrected chi connectivity index (χ1v) is 9.21. The Morgan fingerprint density at radius 1 is 1.18 bits per heavy atom. The molecule has 4 heterocycles. The molecule has 5 N–H and O–H groups in total. The fraction of sp³-hybridized carbons (Fsp3) is 0.688. The number of piperazine rings is 1. The van der Waals surface area contributed by atoms with Crippen LogP contribution in [0.1, 0.15) is 6.23 Å². The molecule has 2 saturated heterocycles. The number of H-pyrrole nitrogens is 1. The SMILES string of the molecule is O=c1[nH]cnc2c1nc(N1CCN(CCO)CC1)n2[C@H]1O[C@@H](CO)[C@@H](O)[C@H]1O. The molecule has 2 aliphatic heterocycles. The molecular formula is C16H24N6O6. The molecule has 12 heteroatoms. The predicted molar refractivity (Wildman–Crippen MR) is 96.9 cm³/mol. The van der Waals surface area contributed by atoms with Crippen LogP contribution in [-0.2, 0) is 4.74 Å². The van der Waals surface area contributed by atoms with Crippen molar-refractivity contribution in [3.63, 3.8) is 0 Å². The lowest BCUT2D eigenvalue weighted by Crippen LogP contribution is -2.48. The van der Waals surface area contributed by atoms with Crippen LogP contribution in [0.15, 0.2) is 11.1 Å². The second kappa shape index (κ2) is 7.73. The van der Waals surface area contributed by atoms with Crippen LogP contribution in [0.4, 0.5) is 5.95 Å². The number of imidazole rings is 1. The summed E-state index contributed by atoms with van der Waals surface area (Å²) in [7, 11) is 0. The number of nitrogens with zero attached hydrogens (tertiary/aromatic N) is 5. The molecule has 2 aliphatic rings. The molecule has 0 bridgehead atoms. The van der Waals surface area contributed by atoms with E-state index < -0.39 is 36.7 Å². The van der Waals surface area contributed by atoms with Crippen molar-refractivity contribution < 1.29 is 25.2 Å². The number of hydrogen-bond donors (Lipinski definition) is 5. The van der Waals surface area contributed by atoms with E-state index in [4.69, 9.17) is 9.84 Å². The minimum Gasteiger partial charge on any atom is -0.395 e. The maximum atomic E-state index is 12.2. The average molecular weight is 396 g/mol. The fourth-order valence-electron chi connectivity index (χ4n) is 3.77. The molecule has 0 spiro atoms. The van der Waals surface area contributed by atoms with Crippen LogP contribution in [0.25, 0.3) is 11.2 Å². The quantitative estimate of drug-likeness (QED) is 0.349. The smallest absolute Gasteiger partial charge is 0.278 e. The third-order valence-corrected chi connectivity index (χ3v) is 5.31. The van der Waals surface area contributed by atoms with Gasteiger partial charge in [0.2, 0.25) is 5.95 Å². The van der Waals surface area contributed by atoms with E-state index in [2.05, 4.69) is 19.9 Å². The summed E-state index contributed by atoms with van der Waals surface area (Å²) in [6, 6.07) is 0. The first kappa shape index (κ1) is 19.2. The third kappa shape index (κ3) is 3.17. The van der Waals surface area contributed by atoms with Crippen molar-refractivity contribution in [2.45, 2.75) is 24.5 Å². The van der Waals surface area contributed by atoms with Gasteiger partial charge in [0.25, 0.3) is 5.56 Å². The molecule has 28 heavy (non-hydrogen) atoms. The summed E-state index contributed by atoms with van der Waals surface area (Å²) in [6.07, 6.45) is -3.34. The molecule has 0 amide bonds. The summed E-state index contributed by atoms with van der Waals surface area (Å²) in [5.74, 6) is 0.401. The number of ether oxygens (including phenoxy) is 1. The first-order chi connectivity index (χ1) is 13.5. The summed E-state index contributed by atoms with van der Waals surface area (Å²) in [4.78, 5) is 27.4. The van der Waals surface area contributed by atoms with Crippen molar-refractivity contribution in [1.82, 2.24) is 24.4 Å². The highest BCUT2D eigenvalue weighted by Crippen LogP contribution is 2.35. The van der Waals surface area contributed by atoms with Crippen molar-refractivity contribution in [2.75, 3.05) is 50.8 Å². The average Bonchev–Trinajstić information content (AvgIpc) is 3.22. The molecule has 0 saturated carbocycles. The Morgan fingerprint density at radius 3 is 2.57 bits per heavy atom. The van der Waals surface area contributed by atoms with Crippen LogP contribution in [-0.4, -0.2) is 109 Å². The van der Waals surface area contributed by atoms with E-state index in [-0.39, 0.29) is 17.8 Å². The summed E-state index contributed by atoms with van der Waals surface area (Å²) >= 11 is 0. The number of anilines is 1. The molecule has 2 aromatic heterocycles. The normalized spacial score (nSPS) is 29.1. The fourth-order valence-corrected chi connectivity index (χ4v) is 3.77. The molecule has 0 aliphatic carbocycles. The second-order valence-corrected chi connectivity index (χ2v) is 6.97. The zero-order chi connectivity index (χ0) is 19.8. The lowest BCUT2D eigenvalue weighted by atomic mass is 10.1. The molecule has 4 rings (SSSR count). The van der Waals surface area contributed by atoms with Crippen LogP contribution >= 0.6 is 0 Å². The van der Waals surface area contributed by atoms with Crippen LogP contribution in [0.5, 0.6) is 0 Å². The Kier molecular flexibility index (Phi) is 5.31. The first-order valence-electron chi connectivity index (χ1n) is 9.21. The molecule has 0 unspecified atom stereocenters. The summed E-state index contributed by atoms with van der Waals surface area (Å²) in [6.45, 7) is 2.80. The van der Waals surface area contributed by atoms with Crippen LogP contribution in [0.2, 0.25) is 0 Å². The van der Waals surface area contributed by atoms with Crippen LogP contribution in [0, 0.1) is 0 Å². The zero-order valence-corrected chi connectivity index (χ0v) is 15.2. The number of aliphatic hydroxyl groups is 4. The van der Waals surface area contributed by atoms with Gasteiger partial charge < -0.3 is 35.0 Å². The van der Waals surface area contributed by atoms with E-state index in [1.165, 1.54) is 10.9 Å². The largest absolute Gasteiger partial charge is 0.395 e. The summed E-state index contributed by atoms with van der Waals surface area (Å²) in [5, 5.41) is 39.1. The van der Waals surface area contributed by atoms with Crippen molar-refractivity contribution in [1.29, 1.82) is 0 Å². The van der Waals surface area contributed by atoms with E-state index >= 15 is 0 Å². The number of rotatable bonds is 5. The Bertz CT molecular complexity index is 878. The minimum atomic E-state index is -1.31. The van der Waals surface area contributed by atoms with Gasteiger partial charge in [0.05, 0.1) is 19.5 Å². The number of aromatic nitrogens is 4. The number of β-amino-alcohol motifs (C(OH)–C–C–N with tert-alkyl or cyclic N) is 1. The number of hydrogen-bond acceptors (Lipinski definition) is 10. The van der Waals surface area contributed by atoms with E-state index in [9.17, 15) is 20.1 Å². The van der Waals surface area contributed by atoms with Crippen molar-refractivity contribution >= 4 is 17.1 Å². The molecule has 12 nitrogen and oxygen atoms in total. The third-order valence-electron chi connectivity index (χ3n) is 5.31. The van der Waals surface area contributed by atoms with Crippen LogP contribution in [0.3, 0.4) is 0 Å². The molecule has 0 aromatic carbocycles. The number of nitrogens with one attached hydrogen (secondary N) is 1. The number of aliphatic hydroxyl groups excluding tert-OH is 4. The zero-order valence-electron chi connectivity index (χ0n) is 15.2. The van der Waals surface area contributed by atoms with Gasteiger partial charge in [-0.05, 0) is 0 Å². The highest BCUT2D eigenvalue weighted by molar-refractivity contribution is 5.74. The van der Waals surface area contributed by atoms with Gasteiger partial charge in [-0.25, -0.2) is 9.97 Å². The van der Waals surface area contributed by atoms with Gasteiger partial charge >= 0.3 is 0 Å². The monoisotopic (exact) mass is 396 g/mol. The van der Waals surface area contributed by atoms with Crippen molar-refractivity contribution in [2.24, 2.45) is 0 Å². The van der Waals surface area contributed by atoms with Gasteiger partial charge in [-0.3, -0.25) is 14.3 Å². The van der Waals surface area contributed by atoms with Gasteiger partial charge in [-0.2, -0.15) is 0 Å². The second-order valence-electron chi connectivity index (χ2n) is 6.97. The molecule has 2 fully saturated rings. The number of aromatic amines is 1. The molecular weight excluding hydrogens is 372 g/mol. The number of fused-ring (bicyclic) bond motifs is 1. The van der Waals surface area contributed by atoms with Crippen molar-refractivity contribution in [3.05, 3.63) is 16.7 Å². The van der Waals surface area contributed by atoms with E-state index in [1.807, 2.05) is 4.90 Å². The Morgan fingerprint density at radius 2 is 1.93 bits per heavy atom. The van der Waals surface area contributed by atoms with Gasteiger partial charge in [-0.1, -0.05) is 0 Å². The highest BCUT2D eigenvalue weighted by Gasteiger charge is 2.45. The van der Waals surface area contributed by atoms with E-state index in [0.717, 1.165) is 0 Å². The van der Waals surface area contributed by atoms with E-state index in [0.29, 0.717) is 38.7 Å². The van der Waals surface area contributed by atoms with Gasteiger partial charge in [-0.15, -0.1) is 0 Å². The van der Waals surface area contributed by atoms with Gasteiger partial charge in [0, 0.05) is 32.7 Å². The van der Waals surface area contributed by atoms with E-state index in [1.54, 1.807) is 0 Å². The molecule has 2 aromatic rings. The lowest BCUT2D eigenvalue weighted by Gasteiger charge is -2.35. The molecule has 154 valence electrons. The summed E-state index contributed by atoms with van der Waals surface area (Å²) in [5.41, 5.74) is -0.0879. The van der Waals surface area contributed by atoms with Gasteiger partial charge in [0.1, 0.15) is 18.3 Å².